The number of carbonyl (C=O) groups is 3. The van der Waals surface area contributed by atoms with Crippen molar-refractivity contribution in [1.82, 2.24) is 14.8 Å². The summed E-state index contributed by atoms with van der Waals surface area (Å²) >= 11 is 7.05. The molecule has 8 N–H and O–H groups in total. The van der Waals surface area contributed by atoms with Gasteiger partial charge in [0.2, 0.25) is 11.8 Å². The minimum Gasteiger partial charge on any atom is -0.370 e. The van der Waals surface area contributed by atoms with Gasteiger partial charge in [-0.1, -0.05) is 56.1 Å². The third-order valence-electron chi connectivity index (χ3n) is 7.51. The summed E-state index contributed by atoms with van der Waals surface area (Å²) in [5, 5.41) is 0.937. The Kier molecular flexibility index (Phi) is 11.5. The van der Waals surface area contributed by atoms with Gasteiger partial charge in [0, 0.05) is 52.6 Å². The van der Waals surface area contributed by atoms with E-state index in [-0.39, 0.29) is 37.9 Å². The van der Waals surface area contributed by atoms with Gasteiger partial charge in [-0.3, -0.25) is 34.4 Å². The fraction of sp³-hybridized carbons (Fsp3) is 0.355. The number of nitrogens with zero attached hydrogens (tertiary/aromatic N) is 5. The Morgan fingerprint density at radius 2 is 1.29 bits per heavy atom. The number of aromatic nitrogens is 1. The molecule has 1 aromatic heterocycles. The number of benzene rings is 2. The van der Waals surface area contributed by atoms with E-state index in [4.69, 9.17) is 27.9 Å². The zero-order valence-corrected chi connectivity index (χ0v) is 28.0. The fourth-order valence-electron chi connectivity index (χ4n) is 5.44. The van der Waals surface area contributed by atoms with Crippen LogP contribution in [-0.2, 0) is 22.4 Å². The molecule has 1 aliphatic rings. The van der Waals surface area contributed by atoms with E-state index >= 15 is 0 Å². The molecular weight excluding hydrogens is 706 g/mol. The van der Waals surface area contributed by atoms with Crippen LogP contribution in [0.25, 0.3) is 10.9 Å². The first kappa shape index (κ1) is 33.8. The van der Waals surface area contributed by atoms with Gasteiger partial charge in [0.05, 0.1) is 5.52 Å². The van der Waals surface area contributed by atoms with Gasteiger partial charge in [-0.05, 0) is 68.0 Å². The van der Waals surface area contributed by atoms with Crippen molar-refractivity contribution in [3.05, 3.63) is 74.8 Å². The molecule has 14 heteroatoms. The first-order valence-corrected chi connectivity index (χ1v) is 16.2. The highest BCUT2D eigenvalue weighted by molar-refractivity contribution is 9.11. The number of pyridine rings is 1. The summed E-state index contributed by atoms with van der Waals surface area (Å²) in [5.41, 5.74) is 22.2. The molecule has 3 aromatic rings. The second-order valence-electron chi connectivity index (χ2n) is 10.9. The SMILES string of the molecule is NC(N)=NCCCCN1C(=O)N(CCCCN=C(N)N)C(=O)C(Cc2cc(Br)cc(Br)c2)(Cc2ccc3ccccc3n2)C1=O. The molecule has 0 spiro atoms. The van der Waals surface area contributed by atoms with Gasteiger partial charge < -0.3 is 22.9 Å². The normalized spacial score (nSPS) is 14.6. The third-order valence-corrected chi connectivity index (χ3v) is 8.42. The number of fused-ring (bicyclic) bond motifs is 1. The van der Waals surface area contributed by atoms with Crippen LogP contribution in [0.15, 0.2) is 73.5 Å². The van der Waals surface area contributed by atoms with E-state index in [0.29, 0.717) is 44.5 Å². The molecule has 0 saturated carbocycles. The molecule has 238 valence electrons. The van der Waals surface area contributed by atoms with Gasteiger partial charge in [-0.15, -0.1) is 0 Å². The van der Waals surface area contributed by atoms with Crippen molar-refractivity contribution in [1.29, 1.82) is 0 Å². The zero-order valence-electron chi connectivity index (χ0n) is 24.8. The molecule has 0 unspecified atom stereocenters. The van der Waals surface area contributed by atoms with Gasteiger partial charge in [0.15, 0.2) is 11.9 Å². The third kappa shape index (κ3) is 8.57. The van der Waals surface area contributed by atoms with Crippen molar-refractivity contribution in [3.8, 4) is 0 Å². The van der Waals surface area contributed by atoms with E-state index in [1.54, 1.807) is 0 Å². The highest BCUT2D eigenvalue weighted by Crippen LogP contribution is 2.38. The molecule has 1 fully saturated rings. The Bertz CT molecular complexity index is 1550. The molecule has 2 heterocycles. The number of amides is 4. The van der Waals surface area contributed by atoms with Gasteiger partial charge in [-0.2, -0.15) is 0 Å². The lowest BCUT2D eigenvalue weighted by Gasteiger charge is -2.44. The maximum atomic E-state index is 14.6. The van der Waals surface area contributed by atoms with Crippen molar-refractivity contribution in [2.45, 2.75) is 38.5 Å². The number of hydrogen-bond donors (Lipinski definition) is 4. The molecule has 0 atom stereocenters. The Morgan fingerprint density at radius 3 is 1.84 bits per heavy atom. The molecule has 0 radical (unpaired) electrons. The lowest BCUT2D eigenvalue weighted by atomic mass is 9.73. The van der Waals surface area contributed by atoms with Crippen molar-refractivity contribution < 1.29 is 14.4 Å². The minimum absolute atomic E-state index is 0.00190. The predicted octanol–water partition coefficient (Wildman–Crippen LogP) is 3.43. The van der Waals surface area contributed by atoms with E-state index < -0.39 is 23.3 Å². The molecule has 45 heavy (non-hydrogen) atoms. The first-order valence-electron chi connectivity index (χ1n) is 14.6. The van der Waals surface area contributed by atoms with Crippen molar-refractivity contribution in [2.75, 3.05) is 26.2 Å². The molecule has 12 nitrogen and oxygen atoms in total. The lowest BCUT2D eigenvalue weighted by Crippen LogP contribution is -2.66. The van der Waals surface area contributed by atoms with Crippen LogP contribution in [0.3, 0.4) is 0 Å². The largest absolute Gasteiger partial charge is 0.370 e. The number of unbranched alkanes of at least 4 members (excludes halogenated alkanes) is 2. The van der Waals surface area contributed by atoms with Crippen LogP contribution in [0.4, 0.5) is 4.79 Å². The Hall–Kier alpha value is -4.04. The number of urea groups is 1. The molecule has 0 bridgehead atoms. The van der Waals surface area contributed by atoms with E-state index in [1.165, 1.54) is 9.80 Å². The highest BCUT2D eigenvalue weighted by Gasteiger charge is 2.57. The number of halogens is 2. The van der Waals surface area contributed by atoms with E-state index in [2.05, 4.69) is 41.8 Å². The maximum absolute atomic E-state index is 14.6. The molecule has 1 aliphatic heterocycles. The summed E-state index contributed by atoms with van der Waals surface area (Å²) in [6.07, 6.45) is 2.04. The number of para-hydroxylation sites is 1. The molecule has 4 amide bonds. The standard InChI is InChI=1S/C31H37Br2N9O3/c32-22-15-20(16-23(33)17-22)18-31(19-24-10-9-21-7-1-2-8-25(21)40-24)26(43)41(13-5-3-11-38-28(34)35)30(45)42(27(31)44)14-6-4-12-39-29(36)37/h1-2,7-10,15-17H,3-6,11-14,18-19H2,(H4,34,35,38)(H4,36,37,39). The fourth-order valence-corrected chi connectivity index (χ4v) is 6.83. The zero-order chi connectivity index (χ0) is 32.6. The topological polar surface area (TPSA) is 199 Å². The van der Waals surface area contributed by atoms with Crippen molar-refractivity contribution in [2.24, 2.45) is 38.3 Å². The summed E-state index contributed by atoms with van der Waals surface area (Å²) < 4.78 is 1.57. The lowest BCUT2D eigenvalue weighted by molar-refractivity contribution is -0.159. The second kappa shape index (κ2) is 15.3. The number of hydrogen-bond acceptors (Lipinski definition) is 6. The van der Waals surface area contributed by atoms with Crippen LogP contribution < -0.4 is 22.9 Å². The molecular formula is C31H37Br2N9O3. The van der Waals surface area contributed by atoms with Gasteiger partial charge in [0.25, 0.3) is 0 Å². The predicted molar refractivity (Wildman–Crippen MR) is 182 cm³/mol. The molecule has 2 aromatic carbocycles. The van der Waals surface area contributed by atoms with Gasteiger partial charge in [0.1, 0.15) is 5.41 Å². The van der Waals surface area contributed by atoms with Crippen LogP contribution in [0.2, 0.25) is 0 Å². The van der Waals surface area contributed by atoms with Gasteiger partial charge in [-0.25, -0.2) is 4.79 Å². The van der Waals surface area contributed by atoms with Crippen LogP contribution >= 0.6 is 31.9 Å². The van der Waals surface area contributed by atoms with Gasteiger partial charge >= 0.3 is 6.03 Å². The Balaban J connectivity index is 1.76. The molecule has 1 saturated heterocycles. The van der Waals surface area contributed by atoms with E-state index in [1.807, 2.05) is 54.6 Å². The Morgan fingerprint density at radius 1 is 0.733 bits per heavy atom. The average Bonchev–Trinajstić information content (AvgIpc) is 2.98. The summed E-state index contributed by atoms with van der Waals surface area (Å²) in [4.78, 5) is 58.2. The van der Waals surface area contributed by atoms with Crippen LogP contribution in [0.5, 0.6) is 0 Å². The summed E-state index contributed by atoms with van der Waals surface area (Å²) in [6.45, 7) is 0.906. The summed E-state index contributed by atoms with van der Waals surface area (Å²) in [6, 6.07) is 16.4. The highest BCUT2D eigenvalue weighted by atomic mass is 79.9. The Labute approximate surface area is 278 Å². The number of carbonyl (C=O) groups excluding carboxylic acids is 3. The number of nitrogens with two attached hydrogens (primary N) is 4. The van der Waals surface area contributed by atoms with E-state index in [0.717, 1.165) is 25.4 Å². The second-order valence-corrected chi connectivity index (χ2v) is 12.8. The van der Waals surface area contributed by atoms with Crippen LogP contribution in [0.1, 0.15) is 36.9 Å². The van der Waals surface area contributed by atoms with Crippen molar-refractivity contribution in [3.63, 3.8) is 0 Å². The quantitative estimate of drug-likeness (QED) is 0.0833. The smallest absolute Gasteiger partial charge is 0.333 e. The number of guanidine groups is 2. The van der Waals surface area contributed by atoms with Crippen LogP contribution in [0, 0.1) is 5.41 Å². The summed E-state index contributed by atoms with van der Waals surface area (Å²) in [7, 11) is 0. The number of barbiturate groups is 1. The summed E-state index contributed by atoms with van der Waals surface area (Å²) in [5.74, 6) is -1.16. The number of rotatable bonds is 14. The minimum atomic E-state index is -1.64. The van der Waals surface area contributed by atoms with Crippen molar-refractivity contribution >= 4 is 72.5 Å². The first-order chi connectivity index (χ1) is 21.5. The molecule has 0 aliphatic carbocycles. The van der Waals surface area contributed by atoms with E-state index in [9.17, 15) is 14.4 Å². The number of aliphatic imine (C=N–C) groups is 2. The molecule has 4 rings (SSSR count). The average molecular weight is 744 g/mol. The monoisotopic (exact) mass is 741 g/mol. The van der Waals surface area contributed by atoms with Crippen LogP contribution in [-0.4, -0.2) is 70.7 Å². The maximum Gasteiger partial charge on any atom is 0.333 e. The number of imide groups is 2.